The van der Waals surface area contributed by atoms with Crippen molar-refractivity contribution in [1.29, 1.82) is 0 Å². The van der Waals surface area contributed by atoms with Crippen molar-refractivity contribution in [3.63, 3.8) is 0 Å². The third-order valence-electron chi connectivity index (χ3n) is 6.64. The van der Waals surface area contributed by atoms with Gasteiger partial charge in [0.2, 0.25) is 21.8 Å². The number of anilines is 1. The Kier molecular flexibility index (Phi) is 10.4. The lowest BCUT2D eigenvalue weighted by Crippen LogP contribution is -2.53. The Balaban J connectivity index is 1.90. The van der Waals surface area contributed by atoms with Crippen molar-refractivity contribution in [2.75, 3.05) is 24.2 Å². The molecule has 0 bridgehead atoms. The Bertz CT molecular complexity index is 1150. The van der Waals surface area contributed by atoms with E-state index in [1.807, 2.05) is 19.1 Å². The maximum Gasteiger partial charge on any atom is 0.244 e. The highest BCUT2D eigenvalue weighted by Crippen LogP contribution is 2.23. The minimum absolute atomic E-state index is 0.100. The molecule has 1 aliphatic rings. The molecular formula is C27H36BrN3O5S. The zero-order valence-electron chi connectivity index (χ0n) is 21.7. The van der Waals surface area contributed by atoms with E-state index in [9.17, 15) is 18.0 Å². The average Bonchev–Trinajstić information content (AvgIpc) is 2.88. The number of halogens is 1. The van der Waals surface area contributed by atoms with Gasteiger partial charge in [-0.3, -0.25) is 13.9 Å². The number of nitrogens with zero attached hydrogens (tertiary/aromatic N) is 2. The maximum absolute atomic E-state index is 13.8. The first kappa shape index (κ1) is 29.0. The van der Waals surface area contributed by atoms with Crippen molar-refractivity contribution < 1.29 is 22.7 Å². The first-order valence-electron chi connectivity index (χ1n) is 12.6. The second-order valence-corrected chi connectivity index (χ2v) is 12.2. The van der Waals surface area contributed by atoms with Gasteiger partial charge in [0, 0.05) is 17.1 Å². The molecule has 1 aliphatic carbocycles. The van der Waals surface area contributed by atoms with Gasteiger partial charge in [0.05, 0.1) is 19.1 Å². The number of sulfonamides is 1. The van der Waals surface area contributed by atoms with Gasteiger partial charge in [-0.2, -0.15) is 0 Å². The standard InChI is InChI=1S/C27H36BrN3O5S/c1-4-25(27(33)29-22-8-6-5-7-9-22)30(18-20-10-16-24(36-2)17-11-20)26(32)19-31(37(3,34)35)23-14-12-21(28)13-15-23/h10-17,22,25H,4-9,18-19H2,1-3H3,(H,29,33)/t25-/m1/s1. The SMILES string of the molecule is CC[C@H](C(=O)NC1CCCCC1)N(Cc1ccc(OC)cc1)C(=O)CN(c1ccc(Br)cc1)S(C)(=O)=O. The van der Waals surface area contributed by atoms with Gasteiger partial charge in [0.25, 0.3) is 0 Å². The van der Waals surface area contributed by atoms with E-state index in [2.05, 4.69) is 21.2 Å². The Labute approximate surface area is 228 Å². The molecule has 0 heterocycles. The summed E-state index contributed by atoms with van der Waals surface area (Å²) in [5.74, 6) is 0.0304. The number of hydrogen-bond donors (Lipinski definition) is 1. The van der Waals surface area contributed by atoms with Gasteiger partial charge in [-0.05, 0) is 61.2 Å². The quantitative estimate of drug-likeness (QED) is 0.414. The van der Waals surface area contributed by atoms with Gasteiger partial charge in [-0.1, -0.05) is 54.2 Å². The summed E-state index contributed by atoms with van der Waals surface area (Å²) in [4.78, 5) is 28.7. The number of benzene rings is 2. The van der Waals surface area contributed by atoms with Crippen LogP contribution in [0.25, 0.3) is 0 Å². The van der Waals surface area contributed by atoms with Crippen LogP contribution in [0.15, 0.2) is 53.0 Å². The zero-order valence-corrected chi connectivity index (χ0v) is 24.1. The summed E-state index contributed by atoms with van der Waals surface area (Å²) < 4.78 is 32.5. The highest BCUT2D eigenvalue weighted by Gasteiger charge is 2.32. The molecule has 0 aromatic heterocycles. The smallest absolute Gasteiger partial charge is 0.244 e. The normalized spacial score (nSPS) is 15.0. The fraction of sp³-hybridized carbons (Fsp3) is 0.481. The van der Waals surface area contributed by atoms with Crippen molar-refractivity contribution >= 4 is 43.5 Å². The van der Waals surface area contributed by atoms with Gasteiger partial charge in [-0.15, -0.1) is 0 Å². The van der Waals surface area contributed by atoms with Crippen LogP contribution < -0.4 is 14.4 Å². The van der Waals surface area contributed by atoms with Crippen LogP contribution in [0.1, 0.15) is 51.0 Å². The molecule has 1 atom stereocenters. The minimum Gasteiger partial charge on any atom is -0.497 e. The van der Waals surface area contributed by atoms with Gasteiger partial charge in [0.15, 0.2) is 0 Å². The van der Waals surface area contributed by atoms with Gasteiger partial charge in [-0.25, -0.2) is 8.42 Å². The molecule has 0 unspecified atom stereocenters. The molecule has 1 saturated carbocycles. The van der Waals surface area contributed by atoms with Crippen LogP contribution in [0.2, 0.25) is 0 Å². The number of rotatable bonds is 11. The molecule has 2 aromatic carbocycles. The fourth-order valence-corrected chi connectivity index (χ4v) is 5.73. The van der Waals surface area contributed by atoms with Crippen LogP contribution in [-0.2, 0) is 26.2 Å². The third-order valence-corrected chi connectivity index (χ3v) is 8.31. The Hall–Kier alpha value is -2.59. The third kappa shape index (κ3) is 8.20. The van der Waals surface area contributed by atoms with Crippen LogP contribution in [0.4, 0.5) is 5.69 Å². The molecule has 1 fully saturated rings. The number of amides is 2. The van der Waals surface area contributed by atoms with E-state index in [0.29, 0.717) is 17.9 Å². The molecule has 0 spiro atoms. The molecule has 0 saturated heterocycles. The number of ether oxygens (including phenoxy) is 1. The number of carbonyl (C=O) groups excluding carboxylic acids is 2. The summed E-state index contributed by atoms with van der Waals surface area (Å²) in [6.45, 7) is 1.61. The molecule has 2 aromatic rings. The summed E-state index contributed by atoms with van der Waals surface area (Å²) >= 11 is 3.35. The van der Waals surface area contributed by atoms with Gasteiger partial charge < -0.3 is 15.0 Å². The zero-order chi connectivity index (χ0) is 27.0. The second kappa shape index (κ2) is 13.3. The van der Waals surface area contributed by atoms with Crippen molar-refractivity contribution in [2.45, 2.75) is 64.1 Å². The Morgan fingerprint density at radius 2 is 1.68 bits per heavy atom. The largest absolute Gasteiger partial charge is 0.497 e. The van der Waals surface area contributed by atoms with Crippen LogP contribution >= 0.6 is 15.9 Å². The van der Waals surface area contributed by atoms with E-state index < -0.39 is 28.5 Å². The predicted octanol–water partition coefficient (Wildman–Crippen LogP) is 4.48. The van der Waals surface area contributed by atoms with E-state index in [1.165, 1.54) is 11.3 Å². The topological polar surface area (TPSA) is 96.0 Å². The summed E-state index contributed by atoms with van der Waals surface area (Å²) in [7, 11) is -2.18. The molecule has 10 heteroatoms. The van der Waals surface area contributed by atoms with E-state index in [0.717, 1.165) is 46.3 Å². The highest BCUT2D eigenvalue weighted by molar-refractivity contribution is 9.10. The molecule has 37 heavy (non-hydrogen) atoms. The monoisotopic (exact) mass is 593 g/mol. The van der Waals surface area contributed by atoms with E-state index in [4.69, 9.17) is 4.74 Å². The fourth-order valence-electron chi connectivity index (χ4n) is 4.61. The summed E-state index contributed by atoms with van der Waals surface area (Å²) in [5.41, 5.74) is 1.19. The number of hydrogen-bond acceptors (Lipinski definition) is 5. The Morgan fingerprint density at radius 3 is 2.22 bits per heavy atom. The van der Waals surface area contributed by atoms with Crippen molar-refractivity contribution in [2.24, 2.45) is 0 Å². The van der Waals surface area contributed by atoms with Crippen LogP contribution in [-0.4, -0.2) is 57.1 Å². The first-order valence-corrected chi connectivity index (χ1v) is 15.2. The summed E-state index contributed by atoms with van der Waals surface area (Å²) in [5, 5.41) is 3.14. The molecule has 0 aliphatic heterocycles. The van der Waals surface area contributed by atoms with Crippen molar-refractivity contribution in [1.82, 2.24) is 10.2 Å². The summed E-state index contributed by atoms with van der Waals surface area (Å²) in [6.07, 6.45) is 6.66. The molecule has 0 radical (unpaired) electrons. The predicted molar refractivity (Wildman–Crippen MR) is 149 cm³/mol. The number of nitrogens with one attached hydrogen (secondary N) is 1. The lowest BCUT2D eigenvalue weighted by molar-refractivity contribution is -0.140. The van der Waals surface area contributed by atoms with Gasteiger partial charge >= 0.3 is 0 Å². The van der Waals surface area contributed by atoms with E-state index >= 15 is 0 Å². The lowest BCUT2D eigenvalue weighted by atomic mass is 9.95. The van der Waals surface area contributed by atoms with Crippen molar-refractivity contribution in [3.05, 3.63) is 58.6 Å². The molecule has 3 rings (SSSR count). The average molecular weight is 595 g/mol. The summed E-state index contributed by atoms with van der Waals surface area (Å²) in [6, 6.07) is 13.4. The number of carbonyl (C=O) groups is 2. The maximum atomic E-state index is 13.8. The van der Waals surface area contributed by atoms with Crippen molar-refractivity contribution in [3.8, 4) is 5.75 Å². The second-order valence-electron chi connectivity index (χ2n) is 9.38. The molecule has 202 valence electrons. The van der Waals surface area contributed by atoms with Gasteiger partial charge in [0.1, 0.15) is 18.3 Å². The van der Waals surface area contributed by atoms with Crippen LogP contribution in [0, 0.1) is 0 Å². The van der Waals surface area contributed by atoms with Crippen LogP contribution in [0.3, 0.4) is 0 Å². The van der Waals surface area contributed by atoms with Crippen LogP contribution in [0.5, 0.6) is 5.75 Å². The minimum atomic E-state index is -3.76. The molecule has 8 nitrogen and oxygen atoms in total. The number of methoxy groups -OCH3 is 1. The van der Waals surface area contributed by atoms with E-state index in [1.54, 1.807) is 43.5 Å². The molecule has 1 N–H and O–H groups in total. The molecular weight excluding hydrogens is 558 g/mol. The lowest BCUT2D eigenvalue weighted by Gasteiger charge is -2.34. The van der Waals surface area contributed by atoms with E-state index in [-0.39, 0.29) is 18.5 Å². The molecule has 2 amide bonds. The Morgan fingerprint density at radius 1 is 1.05 bits per heavy atom. The first-order chi connectivity index (χ1) is 17.6. The highest BCUT2D eigenvalue weighted by atomic mass is 79.9.